The van der Waals surface area contributed by atoms with Gasteiger partial charge in [0.25, 0.3) is 5.91 Å². The molecule has 0 unspecified atom stereocenters. The van der Waals surface area contributed by atoms with E-state index in [1.165, 1.54) is 11.1 Å². The van der Waals surface area contributed by atoms with E-state index in [-0.39, 0.29) is 11.9 Å². The van der Waals surface area contributed by atoms with E-state index in [0.29, 0.717) is 5.69 Å². The van der Waals surface area contributed by atoms with Gasteiger partial charge in [0, 0.05) is 18.0 Å². The fourth-order valence-electron chi connectivity index (χ4n) is 3.65. The fourth-order valence-corrected chi connectivity index (χ4v) is 3.65. The van der Waals surface area contributed by atoms with E-state index < -0.39 is 0 Å². The minimum absolute atomic E-state index is 0.0582. The number of carbonyl (C=O) groups is 1. The van der Waals surface area contributed by atoms with Crippen LogP contribution < -0.4 is 0 Å². The number of hydrogen-bond acceptors (Lipinski definition) is 1. The zero-order valence-corrected chi connectivity index (χ0v) is 13.3. The maximum absolute atomic E-state index is 12.9. The first-order valence-corrected chi connectivity index (χ1v) is 8.17. The maximum Gasteiger partial charge on any atom is 0.270 e. The van der Waals surface area contributed by atoms with E-state index >= 15 is 0 Å². The van der Waals surface area contributed by atoms with Gasteiger partial charge in [-0.05, 0) is 42.5 Å². The average molecular weight is 304 g/mol. The van der Waals surface area contributed by atoms with Gasteiger partial charge in [0.15, 0.2) is 0 Å². The second-order valence-electron chi connectivity index (χ2n) is 6.29. The lowest BCUT2D eigenvalue weighted by Crippen LogP contribution is -2.33. The molecule has 0 bridgehead atoms. The van der Waals surface area contributed by atoms with Crippen LogP contribution in [-0.2, 0) is 6.42 Å². The van der Waals surface area contributed by atoms with E-state index in [1.807, 2.05) is 42.3 Å². The summed E-state index contributed by atoms with van der Waals surface area (Å²) in [6.45, 7) is 0. The van der Waals surface area contributed by atoms with E-state index in [0.717, 1.165) is 30.2 Å². The van der Waals surface area contributed by atoms with Gasteiger partial charge in [0.05, 0.1) is 6.04 Å². The largest absolute Gasteiger partial charge is 0.351 e. The molecule has 0 aliphatic heterocycles. The first kappa shape index (κ1) is 14.1. The third-order valence-corrected chi connectivity index (χ3v) is 4.89. The Kier molecular flexibility index (Phi) is 3.41. The first-order chi connectivity index (χ1) is 11.2. The van der Waals surface area contributed by atoms with Crippen molar-refractivity contribution in [2.24, 2.45) is 0 Å². The molecule has 1 aromatic heterocycles. The number of aromatic nitrogens is 1. The molecule has 1 heterocycles. The lowest BCUT2D eigenvalue weighted by molar-refractivity contribution is 0.0710. The monoisotopic (exact) mass is 304 g/mol. The summed E-state index contributed by atoms with van der Waals surface area (Å²) in [7, 11) is 1.92. The number of rotatable bonds is 2. The molecule has 1 aliphatic rings. The fraction of sp³-hybridized carbons (Fsp3) is 0.250. The smallest absolute Gasteiger partial charge is 0.270 e. The van der Waals surface area contributed by atoms with Crippen molar-refractivity contribution in [3.05, 3.63) is 71.4 Å². The minimum atomic E-state index is 0.0582. The molecule has 3 heteroatoms. The van der Waals surface area contributed by atoms with Gasteiger partial charge in [-0.1, -0.05) is 42.5 Å². The second-order valence-corrected chi connectivity index (χ2v) is 6.29. The maximum atomic E-state index is 12.9. The predicted molar refractivity (Wildman–Crippen MR) is 92.5 cm³/mol. The van der Waals surface area contributed by atoms with Gasteiger partial charge in [-0.15, -0.1) is 0 Å². The summed E-state index contributed by atoms with van der Waals surface area (Å²) in [4.78, 5) is 18.1. The highest BCUT2D eigenvalue weighted by Crippen LogP contribution is 2.34. The molecule has 4 rings (SSSR count). The van der Waals surface area contributed by atoms with Gasteiger partial charge < -0.3 is 9.88 Å². The molecule has 0 saturated heterocycles. The summed E-state index contributed by atoms with van der Waals surface area (Å²) in [5.74, 6) is 0.0582. The van der Waals surface area contributed by atoms with Crippen LogP contribution >= 0.6 is 0 Å². The van der Waals surface area contributed by atoms with Crippen LogP contribution in [0.3, 0.4) is 0 Å². The quantitative estimate of drug-likeness (QED) is 0.752. The molecule has 0 saturated carbocycles. The number of amides is 1. The van der Waals surface area contributed by atoms with Crippen LogP contribution in [0.4, 0.5) is 0 Å². The molecule has 1 aliphatic carbocycles. The summed E-state index contributed by atoms with van der Waals surface area (Å²) in [5.41, 5.74) is 4.34. The number of aromatic amines is 1. The number of carbonyl (C=O) groups excluding carboxylic acids is 1. The molecular formula is C20H20N2O. The lowest BCUT2D eigenvalue weighted by Gasteiger charge is -2.33. The summed E-state index contributed by atoms with van der Waals surface area (Å²) >= 11 is 0. The molecule has 0 fully saturated rings. The van der Waals surface area contributed by atoms with Crippen molar-refractivity contribution >= 4 is 16.8 Å². The van der Waals surface area contributed by atoms with Gasteiger partial charge in [0.1, 0.15) is 5.69 Å². The number of nitrogens with zero attached hydrogens (tertiary/aromatic N) is 1. The third-order valence-electron chi connectivity index (χ3n) is 4.89. The van der Waals surface area contributed by atoms with Gasteiger partial charge in [-0.3, -0.25) is 4.79 Å². The van der Waals surface area contributed by atoms with Crippen LogP contribution in [0.5, 0.6) is 0 Å². The number of nitrogens with one attached hydrogen (secondary N) is 1. The van der Waals surface area contributed by atoms with Crippen LogP contribution in [0.2, 0.25) is 0 Å². The highest BCUT2D eigenvalue weighted by molar-refractivity contribution is 5.98. The highest BCUT2D eigenvalue weighted by Gasteiger charge is 2.27. The van der Waals surface area contributed by atoms with Crippen molar-refractivity contribution in [2.45, 2.75) is 25.3 Å². The van der Waals surface area contributed by atoms with Gasteiger partial charge >= 0.3 is 0 Å². The number of benzene rings is 2. The molecular weight excluding hydrogens is 284 g/mol. The summed E-state index contributed by atoms with van der Waals surface area (Å²) < 4.78 is 0. The van der Waals surface area contributed by atoms with Crippen LogP contribution in [0, 0.1) is 0 Å². The predicted octanol–water partition coefficient (Wildman–Crippen LogP) is 4.32. The Morgan fingerprint density at radius 2 is 1.91 bits per heavy atom. The molecule has 1 N–H and O–H groups in total. The Bertz CT molecular complexity index is 832. The average Bonchev–Trinajstić information content (AvgIpc) is 3.04. The van der Waals surface area contributed by atoms with Crippen molar-refractivity contribution in [3.8, 4) is 0 Å². The summed E-state index contributed by atoms with van der Waals surface area (Å²) in [5, 5.41) is 1.08. The van der Waals surface area contributed by atoms with Crippen LogP contribution in [0.15, 0.2) is 54.6 Å². The number of fused-ring (bicyclic) bond motifs is 2. The van der Waals surface area contributed by atoms with Crippen LogP contribution in [0.25, 0.3) is 10.9 Å². The highest BCUT2D eigenvalue weighted by atomic mass is 16.2. The first-order valence-electron chi connectivity index (χ1n) is 8.17. The SMILES string of the molecule is CN(C(=O)c1cc2ccccc2[nH]1)[C@H]1CCCc2ccccc21. The number of H-pyrrole nitrogens is 1. The zero-order valence-electron chi connectivity index (χ0n) is 13.3. The summed E-state index contributed by atoms with van der Waals surface area (Å²) in [6, 6.07) is 18.6. The topological polar surface area (TPSA) is 36.1 Å². The van der Waals surface area contributed by atoms with Crippen molar-refractivity contribution < 1.29 is 4.79 Å². The Morgan fingerprint density at radius 3 is 2.78 bits per heavy atom. The molecule has 0 radical (unpaired) electrons. The second kappa shape index (κ2) is 5.58. The Morgan fingerprint density at radius 1 is 1.13 bits per heavy atom. The molecule has 0 spiro atoms. The van der Waals surface area contributed by atoms with Crippen molar-refractivity contribution in [2.75, 3.05) is 7.05 Å². The van der Waals surface area contributed by atoms with E-state index in [9.17, 15) is 4.79 Å². The van der Waals surface area contributed by atoms with Crippen molar-refractivity contribution in [1.29, 1.82) is 0 Å². The van der Waals surface area contributed by atoms with E-state index in [4.69, 9.17) is 0 Å². The van der Waals surface area contributed by atoms with Gasteiger partial charge in [0.2, 0.25) is 0 Å². The number of aryl methyl sites for hydroxylation is 1. The van der Waals surface area contributed by atoms with E-state index in [1.54, 1.807) is 0 Å². The van der Waals surface area contributed by atoms with Gasteiger partial charge in [-0.25, -0.2) is 0 Å². The standard InChI is InChI=1S/C20H20N2O/c1-22(19-12-6-9-14-7-2-4-10-16(14)19)20(23)18-13-15-8-3-5-11-17(15)21-18/h2-5,7-8,10-11,13,19,21H,6,9,12H2,1H3/t19-/m0/s1. The molecule has 3 aromatic rings. The van der Waals surface area contributed by atoms with Crippen LogP contribution in [-0.4, -0.2) is 22.8 Å². The number of hydrogen-bond donors (Lipinski definition) is 1. The Labute approximate surface area is 135 Å². The van der Waals surface area contributed by atoms with Crippen molar-refractivity contribution in [3.63, 3.8) is 0 Å². The molecule has 23 heavy (non-hydrogen) atoms. The van der Waals surface area contributed by atoms with Crippen LogP contribution in [0.1, 0.15) is 40.5 Å². The van der Waals surface area contributed by atoms with Crippen molar-refractivity contribution in [1.82, 2.24) is 9.88 Å². The van der Waals surface area contributed by atoms with Gasteiger partial charge in [-0.2, -0.15) is 0 Å². The molecule has 3 nitrogen and oxygen atoms in total. The van der Waals surface area contributed by atoms with E-state index in [2.05, 4.69) is 29.2 Å². The lowest BCUT2D eigenvalue weighted by atomic mass is 9.87. The molecule has 1 amide bonds. The molecule has 116 valence electrons. The third kappa shape index (κ3) is 2.42. The zero-order chi connectivity index (χ0) is 15.8. The summed E-state index contributed by atoms with van der Waals surface area (Å²) in [6.07, 6.45) is 3.27. The molecule has 2 aromatic carbocycles. The molecule has 1 atom stereocenters. The Balaban J connectivity index is 1.66. The normalized spacial score (nSPS) is 17.0. The minimum Gasteiger partial charge on any atom is -0.351 e. The Hall–Kier alpha value is -2.55. The number of para-hydroxylation sites is 1.